The van der Waals surface area contributed by atoms with Crippen LogP contribution in [0.1, 0.15) is 38.8 Å². The van der Waals surface area contributed by atoms with Crippen LogP contribution >= 0.6 is 0 Å². The zero-order chi connectivity index (χ0) is 14.4. The van der Waals surface area contributed by atoms with Crippen molar-refractivity contribution >= 4 is 5.91 Å². The van der Waals surface area contributed by atoms with Gasteiger partial charge in [-0.15, -0.1) is 0 Å². The number of phenolic OH excluding ortho intramolecular Hbond substituents is 2. The molecule has 0 radical (unpaired) electrons. The van der Waals surface area contributed by atoms with E-state index in [0.29, 0.717) is 6.54 Å². The molecule has 1 amide bonds. The van der Waals surface area contributed by atoms with Crippen molar-refractivity contribution in [1.29, 1.82) is 0 Å². The summed E-state index contributed by atoms with van der Waals surface area (Å²) in [5.74, 6) is -0.0449. The van der Waals surface area contributed by atoms with Crippen LogP contribution < -0.4 is 10.6 Å². The lowest BCUT2D eigenvalue weighted by Gasteiger charge is -2.20. The second-order valence-corrected chi connectivity index (χ2v) is 4.68. The molecule has 0 aliphatic rings. The second kappa shape index (κ2) is 6.99. The van der Waals surface area contributed by atoms with E-state index in [0.717, 1.165) is 12.0 Å². The number of nitrogens with one attached hydrogen (secondary N) is 2. The molecule has 0 heterocycles. The summed E-state index contributed by atoms with van der Waals surface area (Å²) in [4.78, 5) is 11.7. The Morgan fingerprint density at radius 2 is 1.79 bits per heavy atom. The quantitative estimate of drug-likeness (QED) is 0.631. The maximum atomic E-state index is 11.7. The van der Waals surface area contributed by atoms with Crippen LogP contribution in [0.4, 0.5) is 0 Å². The predicted octanol–water partition coefficient (Wildman–Crippen LogP) is 1.66. The lowest BCUT2D eigenvalue weighted by molar-refractivity contribution is -0.122. The Bertz CT molecular complexity index is 414. The normalized spacial score (nSPS) is 13.8. The lowest BCUT2D eigenvalue weighted by Crippen LogP contribution is -2.43. The highest BCUT2D eigenvalue weighted by molar-refractivity contribution is 5.81. The van der Waals surface area contributed by atoms with Crippen molar-refractivity contribution in [1.82, 2.24) is 10.6 Å². The van der Waals surface area contributed by atoms with Gasteiger partial charge in [0.2, 0.25) is 5.91 Å². The Kier molecular flexibility index (Phi) is 5.63. The molecule has 106 valence electrons. The summed E-state index contributed by atoms with van der Waals surface area (Å²) < 4.78 is 0. The van der Waals surface area contributed by atoms with Gasteiger partial charge in [-0.3, -0.25) is 10.1 Å². The molecule has 0 fully saturated rings. The molecule has 1 rings (SSSR count). The van der Waals surface area contributed by atoms with E-state index in [-0.39, 0.29) is 29.5 Å². The molecule has 0 saturated carbocycles. The molecule has 0 aliphatic heterocycles. The molecule has 5 heteroatoms. The number of carbonyl (C=O) groups is 1. The number of hydrogen-bond acceptors (Lipinski definition) is 4. The van der Waals surface area contributed by atoms with Crippen LogP contribution in [-0.2, 0) is 4.79 Å². The maximum absolute atomic E-state index is 11.7. The van der Waals surface area contributed by atoms with Gasteiger partial charge in [0.1, 0.15) is 11.5 Å². The zero-order valence-corrected chi connectivity index (χ0v) is 11.6. The van der Waals surface area contributed by atoms with Gasteiger partial charge in [-0.05, 0) is 38.0 Å². The Hall–Kier alpha value is -1.75. The number of aromatic hydroxyl groups is 2. The Morgan fingerprint density at radius 3 is 2.32 bits per heavy atom. The maximum Gasteiger partial charge on any atom is 0.236 e. The molecule has 1 aromatic rings. The number of phenols is 2. The van der Waals surface area contributed by atoms with Crippen molar-refractivity contribution in [3.63, 3.8) is 0 Å². The van der Waals surface area contributed by atoms with E-state index in [1.54, 1.807) is 19.1 Å². The molecule has 0 saturated heterocycles. The van der Waals surface area contributed by atoms with E-state index in [9.17, 15) is 15.0 Å². The first-order valence-corrected chi connectivity index (χ1v) is 6.50. The van der Waals surface area contributed by atoms with Gasteiger partial charge in [0.15, 0.2) is 0 Å². The van der Waals surface area contributed by atoms with Crippen LogP contribution in [0.25, 0.3) is 0 Å². The summed E-state index contributed by atoms with van der Waals surface area (Å²) in [5, 5.41) is 24.8. The summed E-state index contributed by atoms with van der Waals surface area (Å²) in [6.07, 6.45) is 0.897. The van der Waals surface area contributed by atoms with E-state index in [4.69, 9.17) is 0 Å². The first kappa shape index (κ1) is 15.3. The highest BCUT2D eigenvalue weighted by atomic mass is 16.3. The summed E-state index contributed by atoms with van der Waals surface area (Å²) in [6.45, 7) is 6.31. The fraction of sp³-hybridized carbons (Fsp3) is 0.500. The van der Waals surface area contributed by atoms with Crippen molar-refractivity contribution in [3.8, 4) is 11.5 Å². The van der Waals surface area contributed by atoms with Gasteiger partial charge >= 0.3 is 0 Å². The van der Waals surface area contributed by atoms with Gasteiger partial charge in [0.05, 0.1) is 6.04 Å². The first-order chi connectivity index (χ1) is 8.93. The van der Waals surface area contributed by atoms with Crippen LogP contribution in [0, 0.1) is 0 Å². The number of rotatable bonds is 6. The third-order valence-corrected chi connectivity index (χ3v) is 2.87. The second-order valence-electron chi connectivity index (χ2n) is 4.68. The molecule has 0 aliphatic carbocycles. The number of carbonyl (C=O) groups excluding carboxylic acids is 1. The van der Waals surface area contributed by atoms with Gasteiger partial charge in [-0.25, -0.2) is 0 Å². The monoisotopic (exact) mass is 266 g/mol. The van der Waals surface area contributed by atoms with Crippen molar-refractivity contribution < 1.29 is 15.0 Å². The van der Waals surface area contributed by atoms with E-state index < -0.39 is 0 Å². The van der Waals surface area contributed by atoms with Crippen LogP contribution in [0.2, 0.25) is 0 Å². The minimum Gasteiger partial charge on any atom is -0.508 e. The smallest absolute Gasteiger partial charge is 0.236 e. The Morgan fingerprint density at radius 1 is 1.21 bits per heavy atom. The molecule has 5 nitrogen and oxygen atoms in total. The molecular formula is C14H22N2O3. The molecule has 0 aromatic heterocycles. The fourth-order valence-corrected chi connectivity index (χ4v) is 1.82. The van der Waals surface area contributed by atoms with Crippen molar-refractivity contribution in [2.75, 3.05) is 6.54 Å². The SMILES string of the molecule is CCCNC(=O)C(C)NC(C)c1cc(O)cc(O)c1. The van der Waals surface area contributed by atoms with Crippen LogP contribution in [-0.4, -0.2) is 28.7 Å². The highest BCUT2D eigenvalue weighted by Gasteiger charge is 2.16. The third kappa shape index (κ3) is 4.79. The van der Waals surface area contributed by atoms with Crippen molar-refractivity contribution in [2.24, 2.45) is 0 Å². The van der Waals surface area contributed by atoms with Gasteiger partial charge in [-0.1, -0.05) is 6.92 Å². The van der Waals surface area contributed by atoms with Crippen LogP contribution in [0.15, 0.2) is 18.2 Å². The van der Waals surface area contributed by atoms with E-state index in [1.165, 1.54) is 6.07 Å². The molecule has 0 bridgehead atoms. The topological polar surface area (TPSA) is 81.6 Å². The molecule has 2 unspecified atom stereocenters. The summed E-state index contributed by atoms with van der Waals surface area (Å²) in [5.41, 5.74) is 0.729. The average molecular weight is 266 g/mol. The molecular weight excluding hydrogens is 244 g/mol. The predicted molar refractivity (Wildman–Crippen MR) is 74.1 cm³/mol. The first-order valence-electron chi connectivity index (χ1n) is 6.50. The Balaban J connectivity index is 2.63. The summed E-state index contributed by atoms with van der Waals surface area (Å²) in [6, 6.07) is 3.90. The zero-order valence-electron chi connectivity index (χ0n) is 11.6. The lowest BCUT2D eigenvalue weighted by atomic mass is 10.1. The molecule has 4 N–H and O–H groups in total. The van der Waals surface area contributed by atoms with E-state index in [2.05, 4.69) is 10.6 Å². The van der Waals surface area contributed by atoms with Gasteiger partial charge in [-0.2, -0.15) is 0 Å². The van der Waals surface area contributed by atoms with Gasteiger partial charge < -0.3 is 15.5 Å². The number of amides is 1. The molecule has 2 atom stereocenters. The highest BCUT2D eigenvalue weighted by Crippen LogP contribution is 2.24. The Labute approximate surface area is 113 Å². The van der Waals surface area contributed by atoms with Gasteiger partial charge in [0, 0.05) is 18.7 Å². The van der Waals surface area contributed by atoms with Gasteiger partial charge in [0.25, 0.3) is 0 Å². The van der Waals surface area contributed by atoms with Crippen LogP contribution in [0.3, 0.4) is 0 Å². The van der Waals surface area contributed by atoms with E-state index in [1.807, 2.05) is 13.8 Å². The molecule has 19 heavy (non-hydrogen) atoms. The number of benzene rings is 1. The molecule has 0 spiro atoms. The van der Waals surface area contributed by atoms with Crippen LogP contribution in [0.5, 0.6) is 11.5 Å². The summed E-state index contributed by atoms with van der Waals surface area (Å²) >= 11 is 0. The summed E-state index contributed by atoms with van der Waals surface area (Å²) in [7, 11) is 0. The number of hydrogen-bond donors (Lipinski definition) is 4. The minimum absolute atomic E-state index is 0.00624. The van der Waals surface area contributed by atoms with Crippen molar-refractivity contribution in [2.45, 2.75) is 39.3 Å². The molecule has 1 aromatic carbocycles. The minimum atomic E-state index is -0.342. The van der Waals surface area contributed by atoms with Crippen molar-refractivity contribution in [3.05, 3.63) is 23.8 Å². The fourth-order valence-electron chi connectivity index (χ4n) is 1.82. The largest absolute Gasteiger partial charge is 0.508 e. The van der Waals surface area contributed by atoms with E-state index >= 15 is 0 Å². The standard InChI is InChI=1S/C14H22N2O3/c1-4-5-15-14(19)10(3)16-9(2)11-6-12(17)8-13(18)7-11/h6-10,16-18H,4-5H2,1-3H3,(H,15,19). The average Bonchev–Trinajstić information content (AvgIpc) is 2.34. The third-order valence-electron chi connectivity index (χ3n) is 2.87.